The third-order valence-corrected chi connectivity index (χ3v) is 5.37. The zero-order chi connectivity index (χ0) is 21.0. The van der Waals surface area contributed by atoms with Gasteiger partial charge in [-0.1, -0.05) is 80.6 Å². The molecule has 0 aliphatic rings. The maximum Gasteiger partial charge on any atom is 0.343 e. The topological polar surface area (TPSA) is 52.6 Å². The summed E-state index contributed by atoms with van der Waals surface area (Å²) in [6.45, 7) is 5.64. The quantitative estimate of drug-likeness (QED) is 0.397. The highest BCUT2D eigenvalue weighted by Gasteiger charge is 2.40. The Kier molecular flexibility index (Phi) is 6.14. The Morgan fingerprint density at radius 3 is 2.31 bits per heavy atom. The number of carbonyl (C=O) groups is 2. The Morgan fingerprint density at radius 2 is 1.62 bits per heavy atom. The molecule has 1 unspecified atom stereocenters. The number of rotatable bonds is 7. The minimum atomic E-state index is -1.29. The lowest BCUT2D eigenvalue weighted by atomic mass is 9.90. The van der Waals surface area contributed by atoms with Crippen LogP contribution in [0.4, 0.5) is 0 Å². The van der Waals surface area contributed by atoms with Crippen molar-refractivity contribution in [3.63, 3.8) is 0 Å². The van der Waals surface area contributed by atoms with E-state index in [9.17, 15) is 9.59 Å². The summed E-state index contributed by atoms with van der Waals surface area (Å²) < 4.78 is 11.7. The van der Waals surface area contributed by atoms with Gasteiger partial charge in [-0.3, -0.25) is 4.79 Å². The van der Waals surface area contributed by atoms with E-state index in [-0.39, 0.29) is 5.92 Å². The molecule has 0 aliphatic carbocycles. The number of esters is 1. The van der Waals surface area contributed by atoms with Crippen LogP contribution in [0.15, 0.2) is 66.7 Å². The first-order chi connectivity index (χ1) is 13.9. The average Bonchev–Trinajstić information content (AvgIpc) is 2.76. The lowest BCUT2D eigenvalue weighted by Gasteiger charge is -2.31. The molecule has 3 rings (SSSR count). The second-order valence-electron chi connectivity index (χ2n) is 7.58. The molecule has 0 N–H and O–H groups in total. The summed E-state index contributed by atoms with van der Waals surface area (Å²) in [6.07, 6.45) is 0.229. The molecular weight excluding hydrogens is 364 g/mol. The van der Waals surface area contributed by atoms with Gasteiger partial charge in [0.1, 0.15) is 12.4 Å². The molecule has 3 aromatic rings. The number of benzene rings is 3. The molecule has 4 heteroatoms. The van der Waals surface area contributed by atoms with Crippen LogP contribution in [0.2, 0.25) is 0 Å². The van der Waals surface area contributed by atoms with Gasteiger partial charge in [-0.25, -0.2) is 4.79 Å². The smallest absolute Gasteiger partial charge is 0.343 e. The van der Waals surface area contributed by atoms with Gasteiger partial charge in [0.2, 0.25) is 0 Å². The first-order valence-corrected chi connectivity index (χ1v) is 9.71. The fourth-order valence-corrected chi connectivity index (χ4v) is 3.61. The van der Waals surface area contributed by atoms with Gasteiger partial charge in [0.25, 0.3) is 0 Å². The molecule has 2 atom stereocenters. The molecule has 0 heterocycles. The van der Waals surface area contributed by atoms with E-state index in [2.05, 4.69) is 0 Å². The second kappa shape index (κ2) is 8.58. The maximum atomic E-state index is 13.4. The largest absolute Gasteiger partial charge is 0.455 e. The molecule has 0 spiro atoms. The summed E-state index contributed by atoms with van der Waals surface area (Å²) in [5, 5.41) is 1.96. The molecule has 0 aliphatic heterocycles. The zero-order valence-electron chi connectivity index (χ0n) is 17.2. The molecular formula is C25H26O4. The van der Waals surface area contributed by atoms with Gasteiger partial charge < -0.3 is 9.47 Å². The van der Waals surface area contributed by atoms with Crippen LogP contribution in [0.25, 0.3) is 10.8 Å². The molecule has 0 bridgehead atoms. The minimum absolute atomic E-state index is 0.0197. The van der Waals surface area contributed by atoms with E-state index in [0.717, 1.165) is 22.6 Å². The molecule has 150 valence electrons. The van der Waals surface area contributed by atoms with Crippen LogP contribution < -0.4 is 0 Å². The van der Waals surface area contributed by atoms with Crippen LogP contribution >= 0.6 is 0 Å². The summed E-state index contributed by atoms with van der Waals surface area (Å²) in [7, 11) is 1.51. The molecule has 0 radical (unpaired) electrons. The Balaban J connectivity index is 2.02. The van der Waals surface area contributed by atoms with Crippen molar-refractivity contribution in [3.05, 3.63) is 83.4 Å². The van der Waals surface area contributed by atoms with E-state index in [0.29, 0.717) is 11.1 Å². The van der Waals surface area contributed by atoms with Crippen molar-refractivity contribution in [1.82, 2.24) is 0 Å². The standard InChI is InChI=1S/C25H26O4/c1-17(2)23(21-14-8-6-11-19(21)16-26)29-24(27)25(3,28-4)22-15-9-12-18-10-5-7-13-20(18)22/h5-17,23H,1-4H3/t23?,25-/m0/s1. The number of ether oxygens (including phenoxy) is 2. The molecule has 0 amide bonds. The Labute approximate surface area is 171 Å². The highest BCUT2D eigenvalue weighted by Crippen LogP contribution is 2.36. The SMILES string of the molecule is CO[C@](C)(C(=O)OC(c1ccccc1C=O)C(C)C)c1cccc2ccccc12. The van der Waals surface area contributed by atoms with Crippen LogP contribution in [0, 0.1) is 5.92 Å². The van der Waals surface area contributed by atoms with Crippen molar-refractivity contribution in [3.8, 4) is 0 Å². The first kappa shape index (κ1) is 20.7. The number of aldehydes is 1. The fraction of sp³-hybridized carbons (Fsp3) is 0.280. The number of fused-ring (bicyclic) bond motifs is 1. The van der Waals surface area contributed by atoms with Crippen LogP contribution in [-0.4, -0.2) is 19.4 Å². The predicted octanol–water partition coefficient (Wildman–Crippen LogP) is 5.45. The van der Waals surface area contributed by atoms with Crippen molar-refractivity contribution in [2.24, 2.45) is 5.92 Å². The van der Waals surface area contributed by atoms with Crippen LogP contribution in [-0.2, 0) is 19.9 Å². The fourth-order valence-electron chi connectivity index (χ4n) is 3.61. The monoisotopic (exact) mass is 390 g/mol. The van der Waals surface area contributed by atoms with Crippen molar-refractivity contribution in [2.45, 2.75) is 32.5 Å². The highest BCUT2D eigenvalue weighted by molar-refractivity contribution is 5.92. The van der Waals surface area contributed by atoms with E-state index in [1.807, 2.05) is 68.4 Å². The number of methoxy groups -OCH3 is 1. The summed E-state index contributed by atoms with van der Waals surface area (Å²) in [6, 6.07) is 20.8. The molecule has 3 aromatic carbocycles. The number of hydrogen-bond acceptors (Lipinski definition) is 4. The van der Waals surface area contributed by atoms with Crippen molar-refractivity contribution in [2.75, 3.05) is 7.11 Å². The van der Waals surface area contributed by atoms with E-state index in [1.54, 1.807) is 19.1 Å². The highest BCUT2D eigenvalue weighted by atomic mass is 16.6. The summed E-state index contributed by atoms with van der Waals surface area (Å²) in [5.74, 6) is -0.510. The zero-order valence-corrected chi connectivity index (χ0v) is 17.2. The molecule has 0 saturated heterocycles. The second-order valence-corrected chi connectivity index (χ2v) is 7.58. The third kappa shape index (κ3) is 3.94. The lowest BCUT2D eigenvalue weighted by Crippen LogP contribution is -2.38. The van der Waals surface area contributed by atoms with E-state index >= 15 is 0 Å². The van der Waals surface area contributed by atoms with Gasteiger partial charge in [-0.05, 0) is 23.6 Å². The lowest BCUT2D eigenvalue weighted by molar-refractivity contribution is -0.176. The third-order valence-electron chi connectivity index (χ3n) is 5.37. The normalized spacial score (nSPS) is 14.4. The predicted molar refractivity (Wildman–Crippen MR) is 114 cm³/mol. The van der Waals surface area contributed by atoms with E-state index < -0.39 is 17.7 Å². The maximum absolute atomic E-state index is 13.4. The van der Waals surface area contributed by atoms with E-state index in [4.69, 9.17) is 9.47 Å². The molecule has 4 nitrogen and oxygen atoms in total. The molecule has 29 heavy (non-hydrogen) atoms. The Bertz CT molecular complexity index is 1020. The molecule has 0 saturated carbocycles. The average molecular weight is 390 g/mol. The summed E-state index contributed by atoms with van der Waals surface area (Å²) in [4.78, 5) is 24.9. The van der Waals surface area contributed by atoms with Gasteiger partial charge in [0.05, 0.1) is 0 Å². The number of hydrogen-bond donors (Lipinski definition) is 0. The Hall–Kier alpha value is -2.98. The van der Waals surface area contributed by atoms with Crippen molar-refractivity contribution >= 4 is 23.0 Å². The van der Waals surface area contributed by atoms with Crippen molar-refractivity contribution < 1.29 is 19.1 Å². The van der Waals surface area contributed by atoms with Gasteiger partial charge in [0.15, 0.2) is 5.60 Å². The summed E-state index contributed by atoms with van der Waals surface area (Å²) >= 11 is 0. The van der Waals surface area contributed by atoms with Crippen LogP contribution in [0.5, 0.6) is 0 Å². The summed E-state index contributed by atoms with van der Waals surface area (Å²) in [5.41, 5.74) is 0.671. The van der Waals surface area contributed by atoms with Gasteiger partial charge in [-0.2, -0.15) is 0 Å². The molecule has 0 aromatic heterocycles. The minimum Gasteiger partial charge on any atom is -0.455 e. The molecule has 0 fully saturated rings. The van der Waals surface area contributed by atoms with Gasteiger partial charge in [0, 0.05) is 23.8 Å². The van der Waals surface area contributed by atoms with Gasteiger partial charge in [-0.15, -0.1) is 0 Å². The Morgan fingerprint density at radius 1 is 0.966 bits per heavy atom. The van der Waals surface area contributed by atoms with E-state index in [1.165, 1.54) is 7.11 Å². The number of carbonyl (C=O) groups excluding carboxylic acids is 2. The van der Waals surface area contributed by atoms with Crippen LogP contribution in [0.3, 0.4) is 0 Å². The van der Waals surface area contributed by atoms with Gasteiger partial charge >= 0.3 is 5.97 Å². The van der Waals surface area contributed by atoms with Crippen LogP contribution in [0.1, 0.15) is 48.4 Å². The van der Waals surface area contributed by atoms with Crippen molar-refractivity contribution in [1.29, 1.82) is 0 Å². The first-order valence-electron chi connectivity index (χ1n) is 9.71.